The molecule has 0 saturated carbocycles. The van der Waals surface area contributed by atoms with Gasteiger partial charge in [0.2, 0.25) is 6.43 Å². The second-order valence-corrected chi connectivity index (χ2v) is 2.43. The molecule has 0 unspecified atom stereocenters. The van der Waals surface area contributed by atoms with Crippen molar-refractivity contribution in [3.63, 3.8) is 0 Å². The van der Waals surface area contributed by atoms with Gasteiger partial charge in [0.1, 0.15) is 6.42 Å². The van der Waals surface area contributed by atoms with Gasteiger partial charge in [0, 0.05) is 0 Å². The first-order valence-corrected chi connectivity index (χ1v) is 3.46. The SMILES string of the molecule is O=C(CC(F)F)OC(=O)C(F)(F)C(F)(F)F. The Morgan fingerprint density at radius 3 is 1.81 bits per heavy atom. The van der Waals surface area contributed by atoms with Gasteiger partial charge in [0.05, 0.1) is 0 Å². The highest BCUT2D eigenvalue weighted by Crippen LogP contribution is 2.36. The van der Waals surface area contributed by atoms with E-state index in [2.05, 4.69) is 4.74 Å². The van der Waals surface area contributed by atoms with Crippen molar-refractivity contribution in [2.45, 2.75) is 24.9 Å². The molecular formula is C6H3F7O3. The molecule has 0 aromatic heterocycles. The number of alkyl halides is 7. The Balaban J connectivity index is 4.54. The van der Waals surface area contributed by atoms with E-state index >= 15 is 0 Å². The van der Waals surface area contributed by atoms with Crippen LogP contribution in [0.15, 0.2) is 0 Å². The van der Waals surface area contributed by atoms with E-state index in [1.807, 2.05) is 0 Å². The average molecular weight is 256 g/mol. The third kappa shape index (κ3) is 3.66. The molecule has 0 spiro atoms. The van der Waals surface area contributed by atoms with Crippen molar-refractivity contribution < 1.29 is 45.1 Å². The standard InChI is InChI=1S/C6H3F7O3/c7-2(8)1-3(14)16-4(15)5(9,10)6(11,12)13/h2H,1H2. The van der Waals surface area contributed by atoms with Gasteiger partial charge in [-0.15, -0.1) is 0 Å². The fourth-order valence-corrected chi connectivity index (χ4v) is 0.451. The number of halogens is 7. The maximum absolute atomic E-state index is 12.1. The van der Waals surface area contributed by atoms with E-state index in [1.165, 1.54) is 0 Å². The molecule has 3 nitrogen and oxygen atoms in total. The van der Waals surface area contributed by atoms with E-state index in [1.54, 1.807) is 0 Å². The van der Waals surface area contributed by atoms with Crippen molar-refractivity contribution in [2.75, 3.05) is 0 Å². The van der Waals surface area contributed by atoms with Crippen LogP contribution in [0.4, 0.5) is 30.7 Å². The van der Waals surface area contributed by atoms with E-state index < -0.39 is 36.9 Å². The van der Waals surface area contributed by atoms with Crippen molar-refractivity contribution in [3.8, 4) is 0 Å². The molecule has 0 heterocycles. The lowest BCUT2D eigenvalue weighted by atomic mass is 10.3. The summed E-state index contributed by atoms with van der Waals surface area (Å²) in [6, 6.07) is 0. The van der Waals surface area contributed by atoms with Crippen LogP contribution in [0.2, 0.25) is 0 Å². The van der Waals surface area contributed by atoms with Crippen molar-refractivity contribution >= 4 is 11.9 Å². The van der Waals surface area contributed by atoms with Gasteiger partial charge in [0.15, 0.2) is 0 Å². The number of rotatable bonds is 3. The summed E-state index contributed by atoms with van der Waals surface area (Å²) in [5.41, 5.74) is 0. The maximum atomic E-state index is 12.1. The second-order valence-electron chi connectivity index (χ2n) is 2.43. The highest BCUT2D eigenvalue weighted by molar-refractivity contribution is 5.90. The highest BCUT2D eigenvalue weighted by atomic mass is 19.4. The molecule has 10 heteroatoms. The van der Waals surface area contributed by atoms with Crippen LogP contribution in [0.1, 0.15) is 6.42 Å². The van der Waals surface area contributed by atoms with Gasteiger partial charge in [-0.3, -0.25) is 4.79 Å². The zero-order chi connectivity index (χ0) is 13.1. The van der Waals surface area contributed by atoms with Crippen LogP contribution in [-0.2, 0) is 14.3 Å². The first kappa shape index (κ1) is 14.6. The Morgan fingerprint density at radius 1 is 1.06 bits per heavy atom. The lowest BCUT2D eigenvalue weighted by Gasteiger charge is -2.16. The molecular weight excluding hydrogens is 253 g/mol. The molecule has 0 atom stereocenters. The number of hydrogen-bond donors (Lipinski definition) is 0. The summed E-state index contributed by atoms with van der Waals surface area (Å²) in [6.07, 6.45) is -11.3. The molecule has 94 valence electrons. The molecule has 0 fully saturated rings. The van der Waals surface area contributed by atoms with Gasteiger partial charge in [-0.05, 0) is 0 Å². The third-order valence-corrected chi connectivity index (χ3v) is 1.14. The Bertz CT molecular complexity index is 282. The zero-order valence-corrected chi connectivity index (χ0v) is 7.15. The molecule has 0 saturated heterocycles. The lowest BCUT2D eigenvalue weighted by molar-refractivity contribution is -0.279. The van der Waals surface area contributed by atoms with Crippen LogP contribution in [0.5, 0.6) is 0 Å². The van der Waals surface area contributed by atoms with Gasteiger partial charge in [-0.1, -0.05) is 0 Å². The Kier molecular flexibility index (Phi) is 4.27. The largest absolute Gasteiger partial charge is 0.465 e. The van der Waals surface area contributed by atoms with E-state index in [0.29, 0.717) is 0 Å². The Morgan fingerprint density at radius 2 is 1.50 bits per heavy atom. The number of hydrogen-bond acceptors (Lipinski definition) is 3. The first-order chi connectivity index (χ1) is 6.98. The number of esters is 2. The highest BCUT2D eigenvalue weighted by Gasteiger charge is 2.65. The van der Waals surface area contributed by atoms with Crippen LogP contribution in [0, 0.1) is 0 Å². The van der Waals surface area contributed by atoms with Crippen LogP contribution in [-0.4, -0.2) is 30.5 Å². The predicted molar refractivity (Wildman–Crippen MR) is 32.7 cm³/mol. The molecule has 0 rings (SSSR count). The molecule has 0 aromatic rings. The molecule has 0 N–H and O–H groups in total. The maximum Gasteiger partial charge on any atom is 0.465 e. The Labute approximate surface area is 83.2 Å². The van der Waals surface area contributed by atoms with Crippen molar-refractivity contribution in [2.24, 2.45) is 0 Å². The van der Waals surface area contributed by atoms with Crippen molar-refractivity contribution in [3.05, 3.63) is 0 Å². The number of ether oxygens (including phenoxy) is 1. The van der Waals surface area contributed by atoms with E-state index in [9.17, 15) is 40.3 Å². The van der Waals surface area contributed by atoms with Crippen LogP contribution in [0.3, 0.4) is 0 Å². The van der Waals surface area contributed by atoms with Gasteiger partial charge in [-0.2, -0.15) is 22.0 Å². The molecule has 0 bridgehead atoms. The molecule has 0 aliphatic rings. The summed E-state index contributed by atoms with van der Waals surface area (Å²) < 4.78 is 84.4. The smallest absolute Gasteiger partial charge is 0.388 e. The first-order valence-electron chi connectivity index (χ1n) is 3.46. The molecule has 0 aliphatic carbocycles. The third-order valence-electron chi connectivity index (χ3n) is 1.14. The minimum Gasteiger partial charge on any atom is -0.388 e. The van der Waals surface area contributed by atoms with Crippen LogP contribution in [0.25, 0.3) is 0 Å². The molecule has 0 radical (unpaired) electrons. The normalized spacial score (nSPS) is 12.8. The van der Waals surface area contributed by atoms with Crippen LogP contribution < -0.4 is 0 Å². The molecule has 0 amide bonds. The lowest BCUT2D eigenvalue weighted by Crippen LogP contribution is -2.46. The van der Waals surface area contributed by atoms with Gasteiger partial charge in [0.25, 0.3) is 0 Å². The minimum absolute atomic E-state index is 1.75. The summed E-state index contributed by atoms with van der Waals surface area (Å²) in [7, 11) is 0. The summed E-state index contributed by atoms with van der Waals surface area (Å²) in [5.74, 6) is -11.3. The minimum atomic E-state index is -6.25. The molecule has 0 aromatic carbocycles. The summed E-state index contributed by atoms with van der Waals surface area (Å²) in [6.45, 7) is 0. The van der Waals surface area contributed by atoms with Gasteiger partial charge in [-0.25, -0.2) is 13.6 Å². The van der Waals surface area contributed by atoms with Crippen LogP contribution >= 0.6 is 0 Å². The topological polar surface area (TPSA) is 43.4 Å². The quantitative estimate of drug-likeness (QED) is 0.440. The van der Waals surface area contributed by atoms with Gasteiger partial charge < -0.3 is 4.74 Å². The van der Waals surface area contributed by atoms with E-state index in [4.69, 9.17) is 0 Å². The fourth-order valence-electron chi connectivity index (χ4n) is 0.451. The Hall–Kier alpha value is -1.35. The summed E-state index contributed by atoms with van der Waals surface area (Å²) in [4.78, 5) is 20.4. The monoisotopic (exact) mass is 256 g/mol. The fraction of sp³-hybridized carbons (Fsp3) is 0.667. The van der Waals surface area contributed by atoms with E-state index in [0.717, 1.165) is 0 Å². The number of carbonyl (C=O) groups excluding carboxylic acids is 2. The zero-order valence-electron chi connectivity index (χ0n) is 7.15. The summed E-state index contributed by atoms with van der Waals surface area (Å²) in [5, 5.41) is 0. The number of carbonyl (C=O) groups is 2. The van der Waals surface area contributed by atoms with Crippen molar-refractivity contribution in [1.29, 1.82) is 0 Å². The predicted octanol–water partition coefficient (Wildman–Crippen LogP) is 1.91. The molecule has 16 heavy (non-hydrogen) atoms. The van der Waals surface area contributed by atoms with E-state index in [-0.39, 0.29) is 0 Å². The summed E-state index contributed by atoms with van der Waals surface area (Å²) >= 11 is 0. The van der Waals surface area contributed by atoms with Gasteiger partial charge >= 0.3 is 24.0 Å². The van der Waals surface area contributed by atoms with Crippen molar-refractivity contribution in [1.82, 2.24) is 0 Å². The second kappa shape index (κ2) is 4.66. The average Bonchev–Trinajstić information content (AvgIpc) is 1.99. The molecule has 0 aliphatic heterocycles.